The van der Waals surface area contributed by atoms with E-state index >= 15 is 0 Å². The Bertz CT molecular complexity index is 235. The third-order valence-electron chi connectivity index (χ3n) is 1.38. The fourth-order valence-corrected chi connectivity index (χ4v) is 0.949. The summed E-state index contributed by atoms with van der Waals surface area (Å²) in [7, 11) is 0. The number of halogens is 2. The van der Waals surface area contributed by atoms with E-state index in [4.69, 9.17) is 0 Å². The fourth-order valence-electron chi connectivity index (χ4n) is 0.949. The van der Waals surface area contributed by atoms with Crippen LogP contribution in [-0.4, -0.2) is 5.34 Å². The molecule has 0 atom stereocenters. The molecule has 0 saturated carbocycles. The van der Waals surface area contributed by atoms with Gasteiger partial charge >= 0.3 is 0 Å². The Morgan fingerprint density at radius 3 is 2.64 bits per heavy atom. The molecule has 0 amide bonds. The van der Waals surface area contributed by atoms with E-state index < -0.39 is 5.34 Å². The molecule has 0 spiro atoms. The molecule has 0 N–H and O–H groups in total. The predicted molar refractivity (Wildman–Crippen MR) is 38.9 cm³/mol. The summed E-state index contributed by atoms with van der Waals surface area (Å²) < 4.78 is 23.4. The van der Waals surface area contributed by atoms with Crippen molar-refractivity contribution in [1.82, 2.24) is 5.34 Å². The first-order valence-electron chi connectivity index (χ1n) is 3.33. The van der Waals surface area contributed by atoms with Gasteiger partial charge in [0.25, 0.3) is 0 Å². The molecule has 11 heavy (non-hydrogen) atoms. The zero-order chi connectivity index (χ0) is 8.27. The zero-order valence-corrected chi connectivity index (χ0v) is 6.22. The Morgan fingerprint density at radius 1 is 1.36 bits per heavy atom. The van der Waals surface area contributed by atoms with Crippen molar-refractivity contribution in [3.05, 3.63) is 35.4 Å². The lowest BCUT2D eigenvalue weighted by molar-refractivity contribution is -0.161. The number of hydrogen-bond acceptors (Lipinski definition) is 1. The summed E-state index contributed by atoms with van der Waals surface area (Å²) >= 11 is 0. The van der Waals surface area contributed by atoms with E-state index in [1.165, 1.54) is 0 Å². The standard InChI is InChI=1S/C8H9F2N/c1-7-3-2-4-8(5-7)6-11(9)10/h2-5H,6H2,1H3. The number of benzene rings is 1. The molecule has 0 aromatic heterocycles. The molecule has 60 valence electrons. The largest absolute Gasteiger partial charge is 0.101 e. The fraction of sp³-hybridized carbons (Fsp3) is 0.250. The van der Waals surface area contributed by atoms with E-state index in [1.807, 2.05) is 13.0 Å². The lowest BCUT2D eigenvalue weighted by atomic mass is 10.1. The molecular formula is C8H9F2N. The average Bonchev–Trinajstić information content (AvgIpc) is 1.85. The third-order valence-corrected chi connectivity index (χ3v) is 1.38. The summed E-state index contributed by atoms with van der Waals surface area (Å²) in [5.74, 6) is 0. The highest BCUT2D eigenvalue weighted by molar-refractivity contribution is 5.21. The van der Waals surface area contributed by atoms with Crippen molar-refractivity contribution in [1.29, 1.82) is 0 Å². The molecule has 1 aromatic carbocycles. The van der Waals surface area contributed by atoms with Gasteiger partial charge in [-0.25, -0.2) is 0 Å². The third kappa shape index (κ3) is 2.63. The topological polar surface area (TPSA) is 3.24 Å². The quantitative estimate of drug-likeness (QED) is 0.596. The van der Waals surface area contributed by atoms with Crippen LogP contribution in [0, 0.1) is 6.92 Å². The molecule has 0 aliphatic heterocycles. The van der Waals surface area contributed by atoms with Crippen molar-refractivity contribution >= 4 is 0 Å². The molecule has 1 rings (SSSR count). The molecule has 0 bridgehead atoms. The lowest BCUT2D eigenvalue weighted by Gasteiger charge is -2.01. The minimum absolute atomic E-state index is 0.304. The average molecular weight is 157 g/mol. The van der Waals surface area contributed by atoms with Crippen LogP contribution in [-0.2, 0) is 6.54 Å². The van der Waals surface area contributed by atoms with E-state index in [0.717, 1.165) is 5.56 Å². The highest BCUT2D eigenvalue weighted by Crippen LogP contribution is 2.07. The number of rotatable bonds is 2. The van der Waals surface area contributed by atoms with Gasteiger partial charge < -0.3 is 0 Å². The summed E-state index contributed by atoms with van der Waals surface area (Å²) in [5.41, 5.74) is 1.64. The van der Waals surface area contributed by atoms with Crippen molar-refractivity contribution in [3.63, 3.8) is 0 Å². The smallest absolute Gasteiger partial charge is 0.0870 e. The van der Waals surface area contributed by atoms with Crippen LogP contribution in [0.15, 0.2) is 24.3 Å². The maximum Gasteiger partial charge on any atom is 0.0870 e. The van der Waals surface area contributed by atoms with Gasteiger partial charge in [0, 0.05) is 5.34 Å². The Balaban J connectivity index is 2.71. The summed E-state index contributed by atoms with van der Waals surface area (Å²) in [6, 6.07) is 7.07. The molecule has 0 radical (unpaired) electrons. The Hall–Kier alpha value is -0.960. The second-order valence-corrected chi connectivity index (χ2v) is 2.45. The first kappa shape index (κ1) is 8.14. The zero-order valence-electron chi connectivity index (χ0n) is 6.22. The monoisotopic (exact) mass is 157 g/mol. The van der Waals surface area contributed by atoms with E-state index in [2.05, 4.69) is 0 Å². The van der Waals surface area contributed by atoms with Crippen LogP contribution < -0.4 is 0 Å². The minimum Gasteiger partial charge on any atom is -0.101 e. The molecule has 0 fully saturated rings. The van der Waals surface area contributed by atoms with Crippen LogP contribution in [0.25, 0.3) is 0 Å². The molecule has 1 aromatic rings. The number of nitrogens with zero attached hydrogens (tertiary/aromatic N) is 1. The maximum atomic E-state index is 11.7. The minimum atomic E-state index is -0.825. The van der Waals surface area contributed by atoms with Gasteiger partial charge in [0.15, 0.2) is 0 Å². The molecule has 0 heterocycles. The molecule has 1 nitrogen and oxygen atoms in total. The summed E-state index contributed by atoms with van der Waals surface area (Å²) in [4.78, 5) is 0. The number of hydrogen-bond donors (Lipinski definition) is 0. The van der Waals surface area contributed by atoms with Crippen molar-refractivity contribution in [2.75, 3.05) is 0 Å². The van der Waals surface area contributed by atoms with Gasteiger partial charge in [0.1, 0.15) is 0 Å². The van der Waals surface area contributed by atoms with Crippen molar-refractivity contribution < 1.29 is 8.96 Å². The van der Waals surface area contributed by atoms with Crippen molar-refractivity contribution in [2.24, 2.45) is 0 Å². The summed E-state index contributed by atoms with van der Waals surface area (Å²) in [5, 5.41) is -0.825. The van der Waals surface area contributed by atoms with Gasteiger partial charge in [-0.3, -0.25) is 0 Å². The van der Waals surface area contributed by atoms with E-state index in [-0.39, 0.29) is 6.54 Å². The second kappa shape index (κ2) is 3.44. The van der Waals surface area contributed by atoms with Crippen LogP contribution in [0.4, 0.5) is 8.96 Å². The van der Waals surface area contributed by atoms with Crippen molar-refractivity contribution in [2.45, 2.75) is 13.5 Å². The lowest BCUT2D eigenvalue weighted by Crippen LogP contribution is -1.99. The molecule has 3 heteroatoms. The van der Waals surface area contributed by atoms with Crippen LogP contribution in [0.1, 0.15) is 11.1 Å². The summed E-state index contributed by atoms with van der Waals surface area (Å²) in [6.45, 7) is 1.58. The van der Waals surface area contributed by atoms with Gasteiger partial charge in [-0.2, -0.15) is 0 Å². The van der Waals surface area contributed by atoms with Crippen LogP contribution in [0.2, 0.25) is 0 Å². The Kier molecular flexibility index (Phi) is 2.54. The van der Waals surface area contributed by atoms with Gasteiger partial charge in [-0.1, -0.05) is 29.8 Å². The van der Waals surface area contributed by atoms with Crippen LogP contribution >= 0.6 is 0 Å². The molecule has 0 aliphatic carbocycles. The first-order chi connectivity index (χ1) is 5.18. The second-order valence-electron chi connectivity index (χ2n) is 2.45. The first-order valence-corrected chi connectivity index (χ1v) is 3.33. The van der Waals surface area contributed by atoms with E-state index in [9.17, 15) is 8.96 Å². The van der Waals surface area contributed by atoms with Gasteiger partial charge in [-0.05, 0) is 12.5 Å². The Morgan fingerprint density at radius 2 is 2.09 bits per heavy atom. The van der Waals surface area contributed by atoms with Gasteiger partial charge in [-0.15, -0.1) is 8.96 Å². The molecular weight excluding hydrogens is 148 g/mol. The SMILES string of the molecule is Cc1cccc(CN(F)F)c1. The summed E-state index contributed by atoms with van der Waals surface area (Å²) in [6.07, 6.45) is 0. The van der Waals surface area contributed by atoms with Crippen LogP contribution in [0.5, 0.6) is 0 Å². The normalized spacial score (nSPS) is 10.5. The predicted octanol–water partition coefficient (Wildman–Crippen LogP) is 2.57. The van der Waals surface area contributed by atoms with Crippen molar-refractivity contribution in [3.8, 4) is 0 Å². The van der Waals surface area contributed by atoms with E-state index in [1.54, 1.807) is 18.2 Å². The van der Waals surface area contributed by atoms with Gasteiger partial charge in [0.05, 0.1) is 6.54 Å². The van der Waals surface area contributed by atoms with E-state index in [0.29, 0.717) is 5.56 Å². The highest BCUT2D eigenvalue weighted by atomic mass is 19.4. The molecule has 0 unspecified atom stereocenters. The van der Waals surface area contributed by atoms with Gasteiger partial charge in [0.2, 0.25) is 0 Å². The highest BCUT2D eigenvalue weighted by Gasteiger charge is 2.00. The molecule has 0 aliphatic rings. The molecule has 0 saturated heterocycles. The Labute approximate surface area is 64.1 Å². The number of aryl methyl sites for hydroxylation is 1. The van der Waals surface area contributed by atoms with Crippen LogP contribution in [0.3, 0.4) is 0 Å². The maximum absolute atomic E-state index is 11.7.